The van der Waals surface area contributed by atoms with Crippen LogP contribution < -0.4 is 0 Å². The number of hydrogen-bond acceptors (Lipinski definition) is 3. The Morgan fingerprint density at radius 2 is 0.883 bits per heavy atom. The van der Waals surface area contributed by atoms with Gasteiger partial charge in [-0.15, -0.1) is 22.7 Å². The van der Waals surface area contributed by atoms with Crippen molar-refractivity contribution in [1.82, 2.24) is 18.3 Å². The summed E-state index contributed by atoms with van der Waals surface area (Å²) in [4.78, 5) is 4.48. The second kappa shape index (κ2) is 15.5. The van der Waals surface area contributed by atoms with Crippen molar-refractivity contribution in [1.29, 1.82) is 5.26 Å². The summed E-state index contributed by atoms with van der Waals surface area (Å²) in [5, 5.41) is 13.2. The highest BCUT2D eigenvalue weighted by Crippen LogP contribution is 2.54. The summed E-state index contributed by atoms with van der Waals surface area (Å²) >= 11 is 1.55. The fourth-order valence-electron chi connectivity index (χ4n) is 11.8. The Kier molecular flexibility index (Phi) is 5.35. The summed E-state index contributed by atoms with van der Waals surface area (Å²) in [5.41, 5.74) is -2.95. The van der Waals surface area contributed by atoms with Crippen LogP contribution in [0.1, 0.15) is 41.3 Å². The van der Waals surface area contributed by atoms with Crippen LogP contribution in [0.5, 0.6) is 0 Å². The molecule has 0 bridgehead atoms. The van der Waals surface area contributed by atoms with Crippen LogP contribution in [-0.4, -0.2) is 18.3 Å². The van der Waals surface area contributed by atoms with Crippen LogP contribution in [0.15, 0.2) is 212 Å². The van der Waals surface area contributed by atoms with Gasteiger partial charge in [0, 0.05) is 78.1 Å². The molecule has 0 N–H and O–H groups in total. The van der Waals surface area contributed by atoms with E-state index in [1.165, 1.54) is 9.13 Å². The summed E-state index contributed by atoms with van der Waals surface area (Å²) in [6, 6.07) is 17.7. The number of nitriles is 1. The molecule has 17 rings (SSSR count). The Labute approximate surface area is 478 Å². The van der Waals surface area contributed by atoms with E-state index < -0.39 is 161 Å². The number of thiophene rings is 2. The highest BCUT2D eigenvalue weighted by Gasteiger charge is 2.35. The summed E-state index contributed by atoms with van der Waals surface area (Å²) in [5.74, 6) is 0. The van der Waals surface area contributed by atoms with Crippen molar-refractivity contribution in [3.8, 4) is 28.8 Å². The van der Waals surface area contributed by atoms with Crippen molar-refractivity contribution in [3.63, 3.8) is 0 Å². The van der Waals surface area contributed by atoms with E-state index in [-0.39, 0.29) is 84.6 Å². The Bertz CT molecular complexity index is 6610. The van der Waals surface area contributed by atoms with Gasteiger partial charge in [0.15, 0.2) is 0 Å². The third kappa shape index (κ3) is 5.49. The van der Waals surface area contributed by atoms with Crippen LogP contribution in [0.2, 0.25) is 0 Å². The SMILES string of the molecule is [2H]c1c([2H])c([2H])c2c(sc3c2c([2H])c([2H])c2c4c([2H])c([2H])c([2H])c([2H])c4n(-c4c(C#N)c(-n5c6ccccc6c6ccccc65)c(-n5c6c([2H])c([2H])c(C([2H])([2H])[2H])c([2H])c6c6c([2H])c([2H])c7c(sc8c([2H])c([2H])c([2H])c([2H])c87)c65)c(-n5c6ccccc6c6ccccc65)c4[N+]#[C-])c32)c1[2H]. The number of rotatable bonds is 4. The Balaban J connectivity index is 1.28. The third-order valence-electron chi connectivity index (χ3n) is 14.7. The van der Waals surface area contributed by atoms with Crippen LogP contribution >= 0.6 is 22.7 Å². The van der Waals surface area contributed by atoms with Crippen LogP contribution in [0.25, 0.3) is 155 Å². The predicted octanol–water partition coefficient (Wildman–Crippen LogP) is 19.5. The van der Waals surface area contributed by atoms with E-state index in [0.717, 1.165) is 22.7 Å². The first kappa shape index (κ1) is 26.5. The van der Waals surface area contributed by atoms with Crippen LogP contribution in [-0.2, 0) is 0 Å². The number of fused-ring (bicyclic) bond motifs is 20. The molecular weight excluding hydrogens is 977 g/mol. The molecule has 6 aromatic heterocycles. The lowest BCUT2D eigenvalue weighted by Gasteiger charge is -2.27. The van der Waals surface area contributed by atoms with Gasteiger partial charge in [-0.2, -0.15) is 5.26 Å². The van der Waals surface area contributed by atoms with E-state index in [9.17, 15) is 32.4 Å². The molecule has 8 heteroatoms. The lowest BCUT2D eigenvalue weighted by Crippen LogP contribution is -2.14. The Hall–Kier alpha value is -9.96. The van der Waals surface area contributed by atoms with Gasteiger partial charge in [0.2, 0.25) is 5.69 Å². The first-order chi connectivity index (χ1) is 47.2. The second-order valence-corrected chi connectivity index (χ2v) is 20.5. The van der Waals surface area contributed by atoms with Crippen molar-refractivity contribution in [3.05, 3.63) is 234 Å². The largest absolute Gasteiger partial charge is 0.317 e. The Morgan fingerprint density at radius 1 is 0.429 bits per heavy atom. The quantitative estimate of drug-likeness (QED) is 0.162. The summed E-state index contributed by atoms with van der Waals surface area (Å²) in [6.45, 7) is 6.75. The highest BCUT2D eigenvalue weighted by atomic mass is 32.1. The lowest BCUT2D eigenvalue weighted by atomic mass is 10.0. The number of hydrogen-bond donors (Lipinski definition) is 0. The molecule has 6 nitrogen and oxygen atoms in total. The molecule has 0 saturated carbocycles. The molecule has 0 spiro atoms. The number of para-hydroxylation sites is 5. The fourth-order valence-corrected chi connectivity index (χ4v) is 14.0. The van der Waals surface area contributed by atoms with Crippen LogP contribution in [0.4, 0.5) is 5.69 Å². The molecule has 0 fully saturated rings. The maximum atomic E-state index is 13.0. The summed E-state index contributed by atoms with van der Waals surface area (Å²) < 4.78 is 214. The first-order valence-electron chi connectivity index (χ1n) is 35.0. The molecule has 0 saturated heterocycles. The first-order valence-corrected chi connectivity index (χ1v) is 25.6. The maximum Gasteiger partial charge on any atom is 0.237 e. The second-order valence-electron chi connectivity index (χ2n) is 18.4. The average molecular weight is 1040 g/mol. The molecule has 0 aliphatic carbocycles. The molecule has 0 amide bonds. The van der Waals surface area contributed by atoms with E-state index in [4.69, 9.17) is 9.60 Å². The zero-order valence-electron chi connectivity index (χ0n) is 61.2. The lowest BCUT2D eigenvalue weighted by molar-refractivity contribution is 1.04. The minimum absolute atomic E-state index is 0.0467. The van der Waals surface area contributed by atoms with Crippen LogP contribution in [0, 0.1) is 24.8 Å². The average Bonchev–Trinajstić information content (AvgIpc) is 1.53. The van der Waals surface area contributed by atoms with Gasteiger partial charge in [-0.05, 0) is 61.3 Å². The van der Waals surface area contributed by atoms with Gasteiger partial charge in [-0.1, -0.05) is 163 Å². The van der Waals surface area contributed by atoms with Gasteiger partial charge in [0.1, 0.15) is 6.07 Å². The van der Waals surface area contributed by atoms with Crippen molar-refractivity contribution in [2.24, 2.45) is 0 Å². The van der Waals surface area contributed by atoms with Gasteiger partial charge in [-0.25, -0.2) is 4.85 Å². The van der Waals surface area contributed by atoms with E-state index >= 15 is 0 Å². The molecule has 11 aromatic carbocycles. The topological polar surface area (TPSA) is 47.9 Å². The fraction of sp³-hybridized carbons (Fsp3) is 0.0145. The predicted molar refractivity (Wildman–Crippen MR) is 325 cm³/mol. The number of aromatic nitrogens is 4. The van der Waals surface area contributed by atoms with E-state index in [0.29, 0.717) is 43.6 Å². The zero-order valence-corrected chi connectivity index (χ0v) is 40.9. The molecular formula is C69H38N6S2. The smallest absolute Gasteiger partial charge is 0.237 e. The van der Waals surface area contributed by atoms with Gasteiger partial charge in [0.25, 0.3) is 0 Å². The van der Waals surface area contributed by atoms with Crippen molar-refractivity contribution >= 4 is 156 Å². The zero-order chi connectivity index (χ0) is 69.8. The molecule has 0 atom stereocenters. The molecule has 0 aliphatic heterocycles. The Morgan fingerprint density at radius 3 is 1.42 bits per heavy atom. The van der Waals surface area contributed by atoms with E-state index in [2.05, 4.69) is 10.9 Å². The molecule has 77 heavy (non-hydrogen) atoms. The van der Waals surface area contributed by atoms with Crippen molar-refractivity contribution < 1.29 is 30.2 Å². The molecule has 17 aromatic rings. The standard InChI is InChI=1S/C69H38N6S2/c1-39-31-36-58-51(37-39)48-33-35-50-46-23-9-16-30-60(46)77-69(50)65(48)75(58)67-63(72-53-24-10-3-17-40(53)41-18-4-11-25-54(41)72)52(38-70)62(61(71-2)66(67)73-55-26-12-5-19-42(55)43-20-6-13-27-56(43)73)74-57-28-14-7-21-44(57)47-32-34-49-45-22-8-15-29-59(45)76-68(49)64(47)74/h3-37H,1H3/i1D3,7D,8D,9D,14D,15D,16D,21D,22D,23D,28D,29D,30D,31D,32D,33D,34D,35D,36D,37D. The van der Waals surface area contributed by atoms with Crippen LogP contribution in [0.3, 0.4) is 0 Å². The van der Waals surface area contributed by atoms with Gasteiger partial charge < -0.3 is 18.3 Å². The van der Waals surface area contributed by atoms with Gasteiger partial charge in [0.05, 0.1) is 114 Å². The van der Waals surface area contributed by atoms with E-state index in [1.807, 2.05) is 24.3 Å². The van der Waals surface area contributed by atoms with E-state index in [1.54, 1.807) is 81.9 Å². The number of nitrogens with zero attached hydrogens (tertiary/aromatic N) is 6. The van der Waals surface area contributed by atoms with Gasteiger partial charge in [-0.3, -0.25) is 0 Å². The van der Waals surface area contributed by atoms with Crippen molar-refractivity contribution in [2.75, 3.05) is 0 Å². The summed E-state index contributed by atoms with van der Waals surface area (Å²) in [7, 11) is 0. The van der Waals surface area contributed by atoms with Gasteiger partial charge >= 0.3 is 0 Å². The maximum absolute atomic E-state index is 13.0. The normalized spacial score (nSPS) is 16.4. The molecule has 6 heterocycles. The number of benzene rings is 11. The minimum Gasteiger partial charge on any atom is -0.317 e. The molecule has 0 unspecified atom stereocenters. The summed E-state index contributed by atoms with van der Waals surface area (Å²) in [6.07, 6.45) is 0. The molecule has 0 radical (unpaired) electrons. The van der Waals surface area contributed by atoms with Crippen molar-refractivity contribution in [2.45, 2.75) is 6.85 Å². The molecule has 0 aliphatic rings. The third-order valence-corrected chi connectivity index (χ3v) is 16.9. The highest BCUT2D eigenvalue weighted by molar-refractivity contribution is 7.27. The monoisotopic (exact) mass is 1040 g/mol. The molecule has 356 valence electrons. The minimum atomic E-state index is -3.28.